The van der Waals surface area contributed by atoms with Gasteiger partial charge in [-0.05, 0) is 119 Å². The lowest BCUT2D eigenvalue weighted by Crippen LogP contribution is -2.15. The molecule has 0 bridgehead atoms. The lowest BCUT2D eigenvalue weighted by molar-refractivity contribution is 0.594. The van der Waals surface area contributed by atoms with Crippen LogP contribution in [0, 0.1) is 0 Å². The quantitative estimate of drug-likeness (QED) is 0.168. The van der Waals surface area contributed by atoms with Gasteiger partial charge in [-0.15, -0.1) is 0 Å². The minimum absolute atomic E-state index is 0.269. The molecule has 11 aromatic rings. The van der Waals surface area contributed by atoms with Crippen LogP contribution in [-0.4, -0.2) is 18.0 Å². The van der Waals surface area contributed by atoms with Crippen LogP contribution in [0.25, 0.3) is 105 Å². The van der Waals surface area contributed by atoms with Crippen molar-refractivity contribution in [2.24, 2.45) is 0 Å². The number of nitrogens with zero attached hydrogens (tertiary/aromatic N) is 2. The molecule has 4 nitrogen and oxygen atoms in total. The minimum atomic E-state index is -3.87. The molecule has 2 heterocycles. The molecule has 0 saturated heterocycles. The molecular weight excluding hydrogens is 729 g/mol. The van der Waals surface area contributed by atoms with Crippen LogP contribution in [0.4, 0.5) is 0 Å². The highest BCUT2D eigenvalue weighted by molar-refractivity contribution is 7.92. The summed E-state index contributed by atoms with van der Waals surface area (Å²) in [5, 5.41) is 9.33. The van der Waals surface area contributed by atoms with E-state index in [-0.39, 0.29) is 9.79 Å². The standard InChI is InChI=1S/C53H32N2O2S/c56-58(57)48-20-10-19-46-52(48)55(53(54-46)35-13-2-1-3-14-35)47-28-26-39(32-49(47)58)38-25-27-44-45(31-38)51(41-24-22-34-12-5-7-16-37(34)30-41)43-18-9-8-17-42(43)50(44)40-23-21-33-11-4-6-15-36(33)29-40/h1-32H. The van der Waals surface area contributed by atoms with Crippen LogP contribution in [0.1, 0.15) is 0 Å². The Morgan fingerprint density at radius 3 is 1.62 bits per heavy atom. The summed E-state index contributed by atoms with van der Waals surface area (Å²) in [5.41, 5.74) is 9.15. The van der Waals surface area contributed by atoms with E-state index in [0.717, 1.165) is 49.5 Å². The van der Waals surface area contributed by atoms with E-state index in [2.05, 4.69) is 127 Å². The lowest BCUT2D eigenvalue weighted by Gasteiger charge is -2.22. The number of rotatable bonds is 4. The van der Waals surface area contributed by atoms with E-state index in [1.165, 1.54) is 32.5 Å². The van der Waals surface area contributed by atoms with Gasteiger partial charge in [0.15, 0.2) is 0 Å². The third-order valence-electron chi connectivity index (χ3n) is 11.9. The van der Waals surface area contributed by atoms with Gasteiger partial charge in [0.25, 0.3) is 0 Å². The molecule has 58 heavy (non-hydrogen) atoms. The summed E-state index contributed by atoms with van der Waals surface area (Å²) < 4.78 is 31.2. The second-order valence-electron chi connectivity index (χ2n) is 15.1. The Bertz CT molecular complexity index is 3640. The molecule has 0 aliphatic carbocycles. The predicted octanol–water partition coefficient (Wildman–Crippen LogP) is 13.5. The van der Waals surface area contributed by atoms with Gasteiger partial charge in [-0.1, -0.05) is 152 Å². The molecule has 0 N–H and O–H groups in total. The van der Waals surface area contributed by atoms with E-state index in [1.807, 2.05) is 59.2 Å². The number of aromatic nitrogens is 2. The van der Waals surface area contributed by atoms with Gasteiger partial charge in [-0.3, -0.25) is 4.57 Å². The Balaban J connectivity index is 1.13. The van der Waals surface area contributed by atoms with E-state index in [9.17, 15) is 8.42 Å². The van der Waals surface area contributed by atoms with Crippen LogP contribution in [0.5, 0.6) is 0 Å². The summed E-state index contributed by atoms with van der Waals surface area (Å²) >= 11 is 0. The number of fused-ring (bicyclic) bond motifs is 6. The topological polar surface area (TPSA) is 52.0 Å². The summed E-state index contributed by atoms with van der Waals surface area (Å²) in [4.78, 5) is 5.50. The third-order valence-corrected chi connectivity index (χ3v) is 13.7. The van der Waals surface area contributed by atoms with Gasteiger partial charge in [0.05, 0.1) is 26.5 Å². The first-order valence-electron chi connectivity index (χ1n) is 19.4. The van der Waals surface area contributed by atoms with Crippen molar-refractivity contribution in [3.63, 3.8) is 0 Å². The van der Waals surface area contributed by atoms with Crippen molar-refractivity contribution >= 4 is 64.0 Å². The highest BCUT2D eigenvalue weighted by atomic mass is 32.2. The molecule has 0 unspecified atom stereocenters. The van der Waals surface area contributed by atoms with Crippen molar-refractivity contribution in [1.82, 2.24) is 9.55 Å². The zero-order valence-corrected chi connectivity index (χ0v) is 31.9. The average Bonchev–Trinajstić information content (AvgIpc) is 3.67. The maximum atomic E-state index is 14.6. The number of hydrogen-bond donors (Lipinski definition) is 0. The molecule has 12 rings (SSSR count). The first-order valence-corrected chi connectivity index (χ1v) is 20.9. The van der Waals surface area contributed by atoms with Gasteiger partial charge in [0.2, 0.25) is 9.84 Å². The number of sulfone groups is 1. The second kappa shape index (κ2) is 12.3. The number of hydrogen-bond acceptors (Lipinski definition) is 3. The zero-order chi connectivity index (χ0) is 38.5. The van der Waals surface area contributed by atoms with Crippen LogP contribution < -0.4 is 0 Å². The maximum Gasteiger partial charge on any atom is 0.210 e. The van der Waals surface area contributed by atoms with Gasteiger partial charge < -0.3 is 0 Å². The van der Waals surface area contributed by atoms with E-state index < -0.39 is 9.84 Å². The Kier molecular flexibility index (Phi) is 6.98. The molecule has 0 radical (unpaired) electrons. The summed E-state index contributed by atoms with van der Waals surface area (Å²) in [5.74, 6) is 0.714. The first-order chi connectivity index (χ1) is 28.5. The van der Waals surface area contributed by atoms with Crippen LogP contribution in [-0.2, 0) is 9.84 Å². The van der Waals surface area contributed by atoms with E-state index >= 15 is 0 Å². The zero-order valence-electron chi connectivity index (χ0n) is 31.1. The smallest absolute Gasteiger partial charge is 0.210 e. The molecule has 0 fully saturated rings. The van der Waals surface area contributed by atoms with Gasteiger partial charge in [0.1, 0.15) is 5.82 Å². The Hall–Kier alpha value is -7.34. The molecule has 0 amide bonds. The molecule has 0 atom stereocenters. The number of para-hydroxylation sites is 1. The molecule has 1 aromatic heterocycles. The Morgan fingerprint density at radius 2 is 0.931 bits per heavy atom. The van der Waals surface area contributed by atoms with Crippen LogP contribution in [0.2, 0.25) is 0 Å². The van der Waals surface area contributed by atoms with Crippen molar-refractivity contribution in [3.8, 4) is 50.5 Å². The van der Waals surface area contributed by atoms with Crippen LogP contribution >= 0.6 is 0 Å². The largest absolute Gasteiger partial charge is 0.290 e. The third kappa shape index (κ3) is 4.81. The van der Waals surface area contributed by atoms with Crippen LogP contribution in [0.15, 0.2) is 204 Å². The Morgan fingerprint density at radius 1 is 0.379 bits per heavy atom. The molecule has 0 spiro atoms. The molecule has 5 heteroatoms. The van der Waals surface area contributed by atoms with E-state index in [0.29, 0.717) is 22.5 Å². The fourth-order valence-corrected chi connectivity index (χ4v) is 10.9. The van der Waals surface area contributed by atoms with Crippen molar-refractivity contribution < 1.29 is 8.42 Å². The fourth-order valence-electron chi connectivity index (χ4n) is 9.21. The normalized spacial score (nSPS) is 13.1. The minimum Gasteiger partial charge on any atom is -0.290 e. The monoisotopic (exact) mass is 760 g/mol. The van der Waals surface area contributed by atoms with Crippen molar-refractivity contribution in [1.29, 1.82) is 0 Å². The van der Waals surface area contributed by atoms with Crippen molar-refractivity contribution in [2.75, 3.05) is 0 Å². The Labute approximate surface area is 334 Å². The summed E-state index contributed by atoms with van der Waals surface area (Å²) in [6.45, 7) is 0. The molecular formula is C53H32N2O2S. The van der Waals surface area contributed by atoms with Gasteiger partial charge in [-0.2, -0.15) is 0 Å². The molecule has 1 aliphatic heterocycles. The summed E-state index contributed by atoms with van der Waals surface area (Å²) in [6, 6.07) is 66.9. The fraction of sp³-hybridized carbons (Fsp3) is 0. The van der Waals surface area contributed by atoms with Crippen molar-refractivity contribution in [2.45, 2.75) is 9.79 Å². The lowest BCUT2D eigenvalue weighted by atomic mass is 9.84. The maximum absolute atomic E-state index is 14.6. The van der Waals surface area contributed by atoms with Gasteiger partial charge in [-0.25, -0.2) is 13.4 Å². The predicted molar refractivity (Wildman–Crippen MR) is 238 cm³/mol. The number of imidazole rings is 1. The first kappa shape index (κ1) is 32.9. The van der Waals surface area contributed by atoms with E-state index in [1.54, 1.807) is 12.1 Å². The molecule has 1 aliphatic rings. The SMILES string of the molecule is O=S1(=O)c2cc(-c3ccc4c(-c5ccc6ccccc6c5)c5ccccc5c(-c5ccc6ccccc6c5)c4c3)ccc2-n2c(-c3ccccc3)nc3cccc1c32. The van der Waals surface area contributed by atoms with Crippen LogP contribution in [0.3, 0.4) is 0 Å². The van der Waals surface area contributed by atoms with Gasteiger partial charge >= 0.3 is 0 Å². The number of benzene rings is 10. The van der Waals surface area contributed by atoms with E-state index in [4.69, 9.17) is 4.98 Å². The van der Waals surface area contributed by atoms with Gasteiger partial charge in [0, 0.05) is 5.56 Å². The van der Waals surface area contributed by atoms with Crippen molar-refractivity contribution in [3.05, 3.63) is 194 Å². The highest BCUT2D eigenvalue weighted by Gasteiger charge is 2.34. The summed E-state index contributed by atoms with van der Waals surface area (Å²) in [7, 11) is -3.87. The highest BCUT2D eigenvalue weighted by Crippen LogP contribution is 2.47. The summed E-state index contributed by atoms with van der Waals surface area (Å²) in [6.07, 6.45) is 0. The molecule has 0 saturated carbocycles. The molecule has 10 aromatic carbocycles. The molecule has 272 valence electrons. The second-order valence-corrected chi connectivity index (χ2v) is 17.0. The average molecular weight is 761 g/mol.